The van der Waals surface area contributed by atoms with E-state index < -0.39 is 23.4 Å². The Kier molecular flexibility index (Phi) is 7.24. The van der Waals surface area contributed by atoms with Crippen molar-refractivity contribution >= 4 is 23.5 Å². The van der Waals surface area contributed by atoms with Crippen molar-refractivity contribution in [3.8, 4) is 22.4 Å². The number of anilines is 1. The standard InChI is InChI=1S/C28H23N3O6/c1-31-26(33)23(22(17-10-6-4-7-11-17)24(30-31)18-12-8-5-9-13-18)25(32)29-21-16-19(27(34)36-2)14-15-20(21)28(35)37-3/h4-16H,1-3H3,(H,29,32). The maximum Gasteiger partial charge on any atom is 0.339 e. The van der Waals surface area contributed by atoms with E-state index in [1.165, 1.54) is 39.5 Å². The average Bonchev–Trinajstić information content (AvgIpc) is 2.94. The topological polar surface area (TPSA) is 117 Å². The minimum atomic E-state index is -0.786. The molecule has 3 aromatic carbocycles. The molecule has 0 aliphatic heterocycles. The van der Waals surface area contributed by atoms with Crippen LogP contribution in [-0.2, 0) is 16.5 Å². The number of nitrogens with one attached hydrogen (secondary N) is 1. The summed E-state index contributed by atoms with van der Waals surface area (Å²) >= 11 is 0. The van der Waals surface area contributed by atoms with Gasteiger partial charge in [0.05, 0.1) is 36.7 Å². The van der Waals surface area contributed by atoms with Gasteiger partial charge in [0.2, 0.25) is 0 Å². The second kappa shape index (κ2) is 10.7. The number of carbonyl (C=O) groups is 3. The maximum absolute atomic E-state index is 13.8. The molecule has 0 atom stereocenters. The summed E-state index contributed by atoms with van der Waals surface area (Å²) in [5.74, 6) is -2.18. The van der Waals surface area contributed by atoms with Crippen LogP contribution in [0, 0.1) is 0 Å². The first-order valence-electron chi connectivity index (χ1n) is 11.2. The Hall–Kier alpha value is -5.05. The number of nitrogens with zero attached hydrogens (tertiary/aromatic N) is 2. The largest absolute Gasteiger partial charge is 0.465 e. The summed E-state index contributed by atoms with van der Waals surface area (Å²) in [4.78, 5) is 51.6. The lowest BCUT2D eigenvalue weighted by Gasteiger charge is -2.17. The molecule has 0 unspecified atom stereocenters. The number of aryl methyl sites for hydroxylation is 1. The van der Waals surface area contributed by atoms with Crippen LogP contribution in [0.25, 0.3) is 22.4 Å². The Morgan fingerprint density at radius 2 is 1.41 bits per heavy atom. The molecular weight excluding hydrogens is 474 g/mol. The molecule has 0 saturated heterocycles. The molecule has 1 aromatic heterocycles. The third kappa shape index (κ3) is 5.01. The van der Waals surface area contributed by atoms with E-state index in [0.717, 1.165) is 4.68 Å². The van der Waals surface area contributed by atoms with Crippen molar-refractivity contribution in [2.24, 2.45) is 7.05 Å². The lowest BCUT2D eigenvalue weighted by molar-refractivity contribution is 0.0587. The highest BCUT2D eigenvalue weighted by Crippen LogP contribution is 2.32. The van der Waals surface area contributed by atoms with Gasteiger partial charge in [-0.2, -0.15) is 5.10 Å². The van der Waals surface area contributed by atoms with Gasteiger partial charge in [0.15, 0.2) is 0 Å². The average molecular weight is 498 g/mol. The maximum atomic E-state index is 13.8. The van der Waals surface area contributed by atoms with Gasteiger partial charge >= 0.3 is 11.9 Å². The van der Waals surface area contributed by atoms with Crippen LogP contribution in [0.2, 0.25) is 0 Å². The molecule has 186 valence electrons. The van der Waals surface area contributed by atoms with Gasteiger partial charge in [-0.1, -0.05) is 60.7 Å². The van der Waals surface area contributed by atoms with E-state index in [9.17, 15) is 19.2 Å². The van der Waals surface area contributed by atoms with Crippen LogP contribution in [0.4, 0.5) is 5.69 Å². The number of esters is 2. The number of carbonyl (C=O) groups excluding carboxylic acids is 3. The molecular formula is C28H23N3O6. The molecule has 0 saturated carbocycles. The Morgan fingerprint density at radius 3 is 2.00 bits per heavy atom. The quantitative estimate of drug-likeness (QED) is 0.401. The van der Waals surface area contributed by atoms with Crippen LogP contribution in [0.1, 0.15) is 31.1 Å². The molecule has 0 spiro atoms. The fourth-order valence-corrected chi connectivity index (χ4v) is 3.89. The Morgan fingerprint density at radius 1 is 0.811 bits per heavy atom. The Bertz CT molecular complexity index is 1550. The molecule has 0 aliphatic carbocycles. The van der Waals surface area contributed by atoms with Gasteiger partial charge in [-0.15, -0.1) is 0 Å². The molecule has 4 aromatic rings. The highest BCUT2D eigenvalue weighted by molar-refractivity contribution is 6.13. The van der Waals surface area contributed by atoms with E-state index in [4.69, 9.17) is 9.47 Å². The summed E-state index contributed by atoms with van der Waals surface area (Å²) < 4.78 is 10.7. The highest BCUT2D eigenvalue weighted by Gasteiger charge is 2.26. The van der Waals surface area contributed by atoms with Crippen LogP contribution in [0.3, 0.4) is 0 Å². The summed E-state index contributed by atoms with van der Waals surface area (Å²) in [6.07, 6.45) is 0. The molecule has 1 N–H and O–H groups in total. The van der Waals surface area contributed by atoms with Crippen molar-refractivity contribution in [1.29, 1.82) is 0 Å². The second-order valence-corrected chi connectivity index (χ2v) is 7.96. The van der Waals surface area contributed by atoms with Gasteiger partial charge in [-0.3, -0.25) is 9.59 Å². The minimum absolute atomic E-state index is 0.000993. The highest BCUT2D eigenvalue weighted by atomic mass is 16.5. The van der Waals surface area contributed by atoms with Gasteiger partial charge < -0.3 is 14.8 Å². The van der Waals surface area contributed by atoms with Crippen molar-refractivity contribution in [2.45, 2.75) is 0 Å². The molecule has 1 amide bonds. The van der Waals surface area contributed by atoms with E-state index >= 15 is 0 Å². The van der Waals surface area contributed by atoms with Crippen molar-refractivity contribution < 1.29 is 23.9 Å². The summed E-state index contributed by atoms with van der Waals surface area (Å²) in [6, 6.07) is 22.1. The van der Waals surface area contributed by atoms with E-state index in [2.05, 4.69) is 10.4 Å². The smallest absolute Gasteiger partial charge is 0.339 e. The number of hydrogen-bond acceptors (Lipinski definition) is 7. The normalized spacial score (nSPS) is 10.5. The van der Waals surface area contributed by atoms with E-state index in [0.29, 0.717) is 22.4 Å². The number of aromatic nitrogens is 2. The van der Waals surface area contributed by atoms with Crippen LogP contribution in [0.15, 0.2) is 83.7 Å². The van der Waals surface area contributed by atoms with Crippen LogP contribution < -0.4 is 10.9 Å². The molecule has 4 rings (SSSR count). The minimum Gasteiger partial charge on any atom is -0.465 e. The first-order chi connectivity index (χ1) is 17.8. The lowest BCUT2D eigenvalue weighted by atomic mass is 9.95. The van der Waals surface area contributed by atoms with Crippen LogP contribution in [0.5, 0.6) is 0 Å². The number of ether oxygens (including phenoxy) is 2. The number of rotatable bonds is 6. The monoisotopic (exact) mass is 497 g/mol. The molecule has 0 bridgehead atoms. The first kappa shape index (κ1) is 25.1. The number of methoxy groups -OCH3 is 2. The third-order valence-electron chi connectivity index (χ3n) is 5.68. The fourth-order valence-electron chi connectivity index (χ4n) is 3.89. The predicted octanol–water partition coefficient (Wildman–Crippen LogP) is 3.94. The first-order valence-corrected chi connectivity index (χ1v) is 11.2. The summed E-state index contributed by atoms with van der Waals surface area (Å²) in [5.41, 5.74) is 1.33. The Balaban J connectivity index is 1.94. The molecule has 0 fully saturated rings. The van der Waals surface area contributed by atoms with E-state index in [1.807, 2.05) is 36.4 Å². The summed E-state index contributed by atoms with van der Waals surface area (Å²) in [5, 5.41) is 7.10. The molecule has 9 heteroatoms. The van der Waals surface area contributed by atoms with Gasteiger partial charge in [0.25, 0.3) is 11.5 Å². The van der Waals surface area contributed by atoms with Gasteiger partial charge in [-0.05, 0) is 23.8 Å². The molecule has 0 radical (unpaired) electrons. The van der Waals surface area contributed by atoms with Gasteiger partial charge in [0, 0.05) is 18.2 Å². The lowest BCUT2D eigenvalue weighted by Crippen LogP contribution is -2.31. The summed E-state index contributed by atoms with van der Waals surface area (Å²) in [7, 11) is 3.87. The number of hydrogen-bond donors (Lipinski definition) is 1. The van der Waals surface area contributed by atoms with E-state index in [-0.39, 0.29) is 22.4 Å². The number of amides is 1. The number of benzene rings is 3. The molecule has 1 heterocycles. The van der Waals surface area contributed by atoms with Gasteiger partial charge in [0.1, 0.15) is 5.56 Å². The second-order valence-electron chi connectivity index (χ2n) is 7.96. The van der Waals surface area contributed by atoms with Crippen molar-refractivity contribution in [3.05, 3.63) is 106 Å². The van der Waals surface area contributed by atoms with E-state index in [1.54, 1.807) is 24.3 Å². The van der Waals surface area contributed by atoms with Crippen molar-refractivity contribution in [2.75, 3.05) is 19.5 Å². The Labute approximate surface area is 212 Å². The van der Waals surface area contributed by atoms with Gasteiger partial charge in [-0.25, -0.2) is 14.3 Å². The molecule has 37 heavy (non-hydrogen) atoms. The van der Waals surface area contributed by atoms with Crippen molar-refractivity contribution in [1.82, 2.24) is 9.78 Å². The van der Waals surface area contributed by atoms with Crippen LogP contribution in [-0.4, -0.2) is 41.8 Å². The zero-order valence-corrected chi connectivity index (χ0v) is 20.3. The third-order valence-corrected chi connectivity index (χ3v) is 5.68. The predicted molar refractivity (Wildman–Crippen MR) is 137 cm³/mol. The van der Waals surface area contributed by atoms with Crippen molar-refractivity contribution in [3.63, 3.8) is 0 Å². The zero-order chi connectivity index (χ0) is 26.5. The van der Waals surface area contributed by atoms with Crippen LogP contribution >= 0.6 is 0 Å². The molecule has 0 aliphatic rings. The molecule has 9 nitrogen and oxygen atoms in total. The fraction of sp³-hybridized carbons (Fsp3) is 0.107. The summed E-state index contributed by atoms with van der Waals surface area (Å²) in [6.45, 7) is 0. The SMILES string of the molecule is COC(=O)c1ccc(C(=O)OC)c(NC(=O)c2c(-c3ccccc3)c(-c3ccccc3)nn(C)c2=O)c1. The zero-order valence-electron chi connectivity index (χ0n) is 20.3.